The minimum Gasteiger partial charge on any atom is -0.313 e. The van der Waals surface area contributed by atoms with Crippen LogP contribution in [0.15, 0.2) is 29.2 Å². The van der Waals surface area contributed by atoms with E-state index in [0.717, 1.165) is 23.6 Å². The second kappa shape index (κ2) is 7.72. The van der Waals surface area contributed by atoms with Gasteiger partial charge in [-0.05, 0) is 37.1 Å². The van der Waals surface area contributed by atoms with Crippen molar-refractivity contribution in [2.24, 2.45) is 5.92 Å². The Balaban J connectivity index is 2.45. The molecule has 1 N–H and O–H groups in total. The van der Waals surface area contributed by atoms with E-state index >= 15 is 0 Å². The lowest BCUT2D eigenvalue weighted by molar-refractivity contribution is 0.434. The van der Waals surface area contributed by atoms with Gasteiger partial charge in [-0.15, -0.1) is 11.8 Å². The van der Waals surface area contributed by atoms with Gasteiger partial charge in [0.05, 0.1) is 0 Å². The second-order valence-electron chi connectivity index (χ2n) is 4.57. The molecule has 1 atom stereocenters. The van der Waals surface area contributed by atoms with Crippen molar-refractivity contribution in [1.29, 1.82) is 0 Å². The minimum absolute atomic E-state index is 0.155. The van der Waals surface area contributed by atoms with E-state index in [2.05, 4.69) is 26.1 Å². The summed E-state index contributed by atoms with van der Waals surface area (Å²) < 4.78 is 13.0. The first-order valence-electron chi connectivity index (χ1n) is 6.25. The zero-order valence-electron chi connectivity index (χ0n) is 10.9. The first kappa shape index (κ1) is 14.5. The molecule has 0 aliphatic carbocycles. The van der Waals surface area contributed by atoms with Gasteiger partial charge in [-0.25, -0.2) is 4.39 Å². The highest BCUT2D eigenvalue weighted by molar-refractivity contribution is 7.99. The van der Waals surface area contributed by atoms with Crippen LogP contribution in [-0.2, 0) is 0 Å². The van der Waals surface area contributed by atoms with Crippen molar-refractivity contribution in [1.82, 2.24) is 5.32 Å². The number of thioether (sulfide) groups is 1. The largest absolute Gasteiger partial charge is 0.313 e. The number of halogens is 1. The highest BCUT2D eigenvalue weighted by atomic mass is 32.2. The van der Waals surface area contributed by atoms with Crippen LogP contribution in [0.3, 0.4) is 0 Å². The van der Waals surface area contributed by atoms with E-state index in [1.165, 1.54) is 6.07 Å². The highest BCUT2D eigenvalue weighted by Crippen LogP contribution is 2.21. The van der Waals surface area contributed by atoms with Gasteiger partial charge in [-0.2, -0.15) is 0 Å². The van der Waals surface area contributed by atoms with Gasteiger partial charge >= 0.3 is 0 Å². The van der Waals surface area contributed by atoms with Gasteiger partial charge in [0.25, 0.3) is 0 Å². The Kier molecular flexibility index (Phi) is 6.60. The molecule has 17 heavy (non-hydrogen) atoms. The number of rotatable bonds is 7. The Bertz CT molecular complexity index is 328. The molecule has 0 bridgehead atoms. The zero-order valence-corrected chi connectivity index (χ0v) is 11.7. The molecule has 0 spiro atoms. The molecule has 1 aromatic rings. The Morgan fingerprint density at radius 2 is 2.12 bits per heavy atom. The van der Waals surface area contributed by atoms with E-state index in [1.54, 1.807) is 23.9 Å². The Morgan fingerprint density at radius 1 is 1.35 bits per heavy atom. The predicted octanol–water partition coefficient (Wildman–Crippen LogP) is 3.94. The molecule has 1 nitrogen and oxygen atoms in total. The van der Waals surface area contributed by atoms with Crippen LogP contribution in [0.1, 0.15) is 27.2 Å². The van der Waals surface area contributed by atoms with Crippen LogP contribution in [0, 0.1) is 11.7 Å². The molecule has 0 radical (unpaired) electrons. The average Bonchev–Trinajstić information content (AvgIpc) is 2.28. The molecule has 0 saturated heterocycles. The number of nitrogens with one attached hydrogen (secondary N) is 1. The van der Waals surface area contributed by atoms with Gasteiger partial charge in [0.2, 0.25) is 0 Å². The lowest BCUT2D eigenvalue weighted by Gasteiger charge is -2.21. The number of hydrogen-bond acceptors (Lipinski definition) is 2. The van der Waals surface area contributed by atoms with Gasteiger partial charge in [0, 0.05) is 16.7 Å². The molecular formula is C14H22FNS. The van der Waals surface area contributed by atoms with Crippen LogP contribution in [-0.4, -0.2) is 18.3 Å². The molecule has 3 heteroatoms. The molecule has 96 valence electrons. The second-order valence-corrected chi connectivity index (χ2v) is 5.67. The predicted molar refractivity (Wildman–Crippen MR) is 74.0 cm³/mol. The monoisotopic (exact) mass is 255 g/mol. The fourth-order valence-electron chi connectivity index (χ4n) is 1.56. The van der Waals surface area contributed by atoms with Crippen molar-refractivity contribution >= 4 is 11.8 Å². The molecule has 0 saturated carbocycles. The van der Waals surface area contributed by atoms with Crippen molar-refractivity contribution < 1.29 is 4.39 Å². The average molecular weight is 255 g/mol. The van der Waals surface area contributed by atoms with Crippen LogP contribution in [0.25, 0.3) is 0 Å². The molecule has 1 aromatic carbocycles. The third kappa shape index (κ3) is 5.55. The maximum Gasteiger partial charge on any atom is 0.124 e. The van der Waals surface area contributed by atoms with E-state index in [4.69, 9.17) is 0 Å². The standard InChI is InChI=1S/C14H22FNS/c1-4-8-16-14(11(2)3)10-17-13-7-5-6-12(15)9-13/h5-7,9,11,14,16H,4,8,10H2,1-3H3. The molecule has 0 aliphatic heterocycles. The third-order valence-corrected chi connectivity index (χ3v) is 3.80. The van der Waals surface area contributed by atoms with Crippen molar-refractivity contribution in [2.75, 3.05) is 12.3 Å². The molecular weight excluding hydrogens is 233 g/mol. The summed E-state index contributed by atoms with van der Waals surface area (Å²) in [6, 6.07) is 7.30. The fourth-order valence-corrected chi connectivity index (χ4v) is 2.81. The molecule has 1 unspecified atom stereocenters. The summed E-state index contributed by atoms with van der Waals surface area (Å²) in [5, 5.41) is 3.54. The van der Waals surface area contributed by atoms with Gasteiger partial charge in [0.1, 0.15) is 5.82 Å². The third-order valence-electron chi connectivity index (χ3n) is 2.69. The Morgan fingerprint density at radius 3 is 2.71 bits per heavy atom. The maximum atomic E-state index is 13.0. The van der Waals surface area contributed by atoms with Crippen molar-refractivity contribution in [3.63, 3.8) is 0 Å². The van der Waals surface area contributed by atoms with Crippen LogP contribution < -0.4 is 5.32 Å². The summed E-state index contributed by atoms with van der Waals surface area (Å²) in [6.45, 7) is 7.66. The first-order valence-corrected chi connectivity index (χ1v) is 7.23. The quantitative estimate of drug-likeness (QED) is 0.741. The van der Waals surface area contributed by atoms with Crippen LogP contribution in [0.2, 0.25) is 0 Å². The summed E-state index contributed by atoms with van der Waals surface area (Å²) >= 11 is 1.72. The lowest BCUT2D eigenvalue weighted by atomic mass is 10.1. The SMILES string of the molecule is CCCNC(CSc1cccc(F)c1)C(C)C. The summed E-state index contributed by atoms with van der Waals surface area (Å²) in [5.41, 5.74) is 0. The Hall–Kier alpha value is -0.540. The van der Waals surface area contributed by atoms with Crippen molar-refractivity contribution in [3.05, 3.63) is 30.1 Å². The van der Waals surface area contributed by atoms with E-state index in [0.29, 0.717) is 12.0 Å². The molecule has 0 aromatic heterocycles. The van der Waals surface area contributed by atoms with E-state index in [1.807, 2.05) is 6.07 Å². The highest BCUT2D eigenvalue weighted by Gasteiger charge is 2.12. The molecule has 0 aliphatic rings. The minimum atomic E-state index is -0.155. The van der Waals surface area contributed by atoms with Gasteiger partial charge in [-0.1, -0.05) is 26.8 Å². The first-order chi connectivity index (χ1) is 8.13. The smallest absolute Gasteiger partial charge is 0.124 e. The number of benzene rings is 1. The Labute approximate surface area is 108 Å². The normalized spacial score (nSPS) is 13.0. The summed E-state index contributed by atoms with van der Waals surface area (Å²) in [7, 11) is 0. The lowest BCUT2D eigenvalue weighted by Crippen LogP contribution is -2.36. The number of hydrogen-bond donors (Lipinski definition) is 1. The van der Waals surface area contributed by atoms with Gasteiger partial charge in [-0.3, -0.25) is 0 Å². The molecule has 1 rings (SSSR count). The molecule has 0 heterocycles. The summed E-state index contributed by atoms with van der Waals surface area (Å²) in [6.07, 6.45) is 1.15. The van der Waals surface area contributed by atoms with Gasteiger partial charge < -0.3 is 5.32 Å². The van der Waals surface area contributed by atoms with E-state index < -0.39 is 0 Å². The van der Waals surface area contributed by atoms with Gasteiger partial charge in [0.15, 0.2) is 0 Å². The van der Waals surface area contributed by atoms with Crippen LogP contribution in [0.4, 0.5) is 4.39 Å². The maximum absolute atomic E-state index is 13.0. The van der Waals surface area contributed by atoms with E-state index in [-0.39, 0.29) is 5.82 Å². The van der Waals surface area contributed by atoms with Crippen LogP contribution >= 0.6 is 11.8 Å². The van der Waals surface area contributed by atoms with E-state index in [9.17, 15) is 4.39 Å². The van der Waals surface area contributed by atoms with Crippen molar-refractivity contribution in [2.45, 2.75) is 38.1 Å². The van der Waals surface area contributed by atoms with Crippen LogP contribution in [0.5, 0.6) is 0 Å². The summed E-state index contributed by atoms with van der Waals surface area (Å²) in [4.78, 5) is 1.01. The fraction of sp³-hybridized carbons (Fsp3) is 0.571. The molecule has 0 amide bonds. The zero-order chi connectivity index (χ0) is 12.7. The molecule has 0 fully saturated rings. The topological polar surface area (TPSA) is 12.0 Å². The van der Waals surface area contributed by atoms with Crippen molar-refractivity contribution in [3.8, 4) is 0 Å². The summed E-state index contributed by atoms with van der Waals surface area (Å²) in [5.74, 6) is 1.43.